The van der Waals surface area contributed by atoms with Crippen molar-refractivity contribution in [1.29, 1.82) is 5.26 Å². The number of amides is 1. The average Bonchev–Trinajstić information content (AvgIpc) is 3.06. The Morgan fingerprint density at radius 3 is 2.79 bits per heavy atom. The summed E-state index contributed by atoms with van der Waals surface area (Å²) in [6.45, 7) is 6.72. The number of nitriles is 1. The van der Waals surface area contributed by atoms with Crippen LogP contribution in [-0.2, 0) is 0 Å². The maximum absolute atomic E-state index is 12.8. The van der Waals surface area contributed by atoms with Gasteiger partial charge in [-0.2, -0.15) is 5.26 Å². The summed E-state index contributed by atoms with van der Waals surface area (Å²) in [5, 5.41) is 9.77. The van der Waals surface area contributed by atoms with Crippen molar-refractivity contribution in [2.45, 2.75) is 20.8 Å². The Morgan fingerprint density at radius 1 is 1.32 bits per heavy atom. The average molecular weight is 379 g/mol. The maximum atomic E-state index is 12.8. The zero-order valence-electron chi connectivity index (χ0n) is 16.2. The van der Waals surface area contributed by atoms with E-state index in [0.29, 0.717) is 34.5 Å². The van der Waals surface area contributed by atoms with Crippen LogP contribution in [0.1, 0.15) is 37.2 Å². The Labute approximate surface area is 162 Å². The van der Waals surface area contributed by atoms with Gasteiger partial charge in [-0.05, 0) is 17.5 Å². The monoisotopic (exact) mass is 379 g/mol. The molecule has 3 rings (SSSR count). The lowest BCUT2D eigenvalue weighted by Crippen LogP contribution is -2.41. The minimum atomic E-state index is -0.449. The molecule has 0 aliphatic heterocycles. The topological polar surface area (TPSA) is 113 Å². The van der Waals surface area contributed by atoms with Crippen molar-refractivity contribution in [3.05, 3.63) is 42.0 Å². The van der Waals surface area contributed by atoms with E-state index in [1.807, 2.05) is 32.9 Å². The molecule has 1 amide bonds. The van der Waals surface area contributed by atoms with E-state index in [1.54, 1.807) is 18.2 Å². The van der Waals surface area contributed by atoms with Crippen molar-refractivity contribution in [3.63, 3.8) is 0 Å². The van der Waals surface area contributed by atoms with Crippen LogP contribution >= 0.6 is 0 Å². The van der Waals surface area contributed by atoms with Crippen molar-refractivity contribution in [2.24, 2.45) is 5.41 Å². The first-order valence-corrected chi connectivity index (χ1v) is 8.70. The van der Waals surface area contributed by atoms with Crippen LogP contribution in [0.2, 0.25) is 0 Å². The molecule has 2 N–H and O–H groups in total. The second kappa shape index (κ2) is 7.66. The zero-order chi connectivity index (χ0) is 20.3. The van der Waals surface area contributed by atoms with Gasteiger partial charge in [-0.3, -0.25) is 10.2 Å². The first-order valence-electron chi connectivity index (χ1n) is 8.70. The number of furan rings is 1. The van der Waals surface area contributed by atoms with Gasteiger partial charge in [0.05, 0.1) is 18.4 Å². The Hall–Kier alpha value is -3.44. The molecule has 0 unspecified atom stereocenters. The number of para-hydroxylation sites is 1. The number of nitrogens with zero attached hydrogens (tertiary/aromatic N) is 3. The molecule has 0 spiro atoms. The number of hydrogen-bond acceptors (Lipinski definition) is 7. The fraction of sp³-hybridized carbons (Fsp3) is 0.300. The molecule has 3 aromatic rings. The number of methoxy groups -OCH3 is 1. The van der Waals surface area contributed by atoms with Crippen molar-refractivity contribution in [2.75, 3.05) is 13.7 Å². The molecule has 0 bridgehead atoms. The quantitative estimate of drug-likeness (QED) is 0.655. The number of hydrogen-bond donors (Lipinski definition) is 2. The number of aromatic nitrogens is 2. The summed E-state index contributed by atoms with van der Waals surface area (Å²) in [5.74, 6) is 0.125. The smallest absolute Gasteiger partial charge is 0.301 e. The molecule has 0 aliphatic carbocycles. The van der Waals surface area contributed by atoms with Crippen LogP contribution in [0.25, 0.3) is 22.2 Å². The van der Waals surface area contributed by atoms with Gasteiger partial charge in [0.15, 0.2) is 11.3 Å². The zero-order valence-corrected chi connectivity index (χ0v) is 16.2. The number of carbonyl (C=O) groups is 1. The Balaban J connectivity index is 2.10. The number of carbonyl (C=O) groups excluding carboxylic acids is 1. The van der Waals surface area contributed by atoms with Gasteiger partial charge in [-0.25, -0.2) is 15.4 Å². The molecule has 0 radical (unpaired) electrons. The molecule has 0 atom stereocenters. The second-order valence-corrected chi connectivity index (χ2v) is 7.39. The lowest BCUT2D eigenvalue weighted by molar-refractivity contribution is 0.0902. The van der Waals surface area contributed by atoms with Gasteiger partial charge < -0.3 is 9.15 Å². The van der Waals surface area contributed by atoms with E-state index in [0.717, 1.165) is 0 Å². The fourth-order valence-electron chi connectivity index (χ4n) is 2.67. The first kappa shape index (κ1) is 19.3. The van der Waals surface area contributed by atoms with Gasteiger partial charge in [0.25, 0.3) is 0 Å². The van der Waals surface area contributed by atoms with E-state index in [4.69, 9.17) is 14.4 Å². The third kappa shape index (κ3) is 3.94. The lowest BCUT2D eigenvalue weighted by atomic mass is 9.97. The molecule has 8 nitrogen and oxygen atoms in total. The number of benzene rings is 1. The van der Waals surface area contributed by atoms with Crippen LogP contribution in [0.3, 0.4) is 0 Å². The summed E-state index contributed by atoms with van der Waals surface area (Å²) in [7, 11) is 1.53. The summed E-state index contributed by atoms with van der Waals surface area (Å²) in [5.41, 5.74) is 6.89. The first-order chi connectivity index (χ1) is 13.3. The van der Waals surface area contributed by atoms with Gasteiger partial charge in [0.2, 0.25) is 11.6 Å². The summed E-state index contributed by atoms with van der Waals surface area (Å²) in [6, 6.07) is 8.89. The number of fused-ring (bicyclic) bond motifs is 1. The van der Waals surface area contributed by atoms with Gasteiger partial charge in [-0.1, -0.05) is 32.9 Å². The predicted octanol–water partition coefficient (Wildman–Crippen LogP) is 3.05. The highest BCUT2D eigenvalue weighted by Gasteiger charge is 2.25. The standard InChI is InChI=1S/C20H21N5O3/c1-20(2,3)11-23-25-19(26)18-16(13-8-9-22-15(10-21)24-13)12-6-5-7-14(27-4)17(12)28-18/h5-9,23H,11H2,1-4H3,(H,25,26). The molecule has 28 heavy (non-hydrogen) atoms. The van der Waals surface area contributed by atoms with E-state index in [9.17, 15) is 4.79 Å². The van der Waals surface area contributed by atoms with E-state index < -0.39 is 5.91 Å². The summed E-state index contributed by atoms with van der Waals surface area (Å²) >= 11 is 0. The van der Waals surface area contributed by atoms with Crippen molar-refractivity contribution >= 4 is 16.9 Å². The molecule has 0 aliphatic rings. The maximum Gasteiger partial charge on any atom is 0.301 e. The van der Waals surface area contributed by atoms with E-state index in [2.05, 4.69) is 20.8 Å². The molecular formula is C20H21N5O3. The van der Waals surface area contributed by atoms with Crippen LogP contribution < -0.4 is 15.6 Å². The van der Waals surface area contributed by atoms with Crippen LogP contribution in [-0.4, -0.2) is 29.5 Å². The van der Waals surface area contributed by atoms with Gasteiger partial charge in [0.1, 0.15) is 6.07 Å². The van der Waals surface area contributed by atoms with Crippen LogP contribution in [0.5, 0.6) is 5.75 Å². The minimum Gasteiger partial charge on any atom is -0.493 e. The van der Waals surface area contributed by atoms with Gasteiger partial charge >= 0.3 is 5.91 Å². The highest BCUT2D eigenvalue weighted by molar-refractivity contribution is 6.08. The molecular weight excluding hydrogens is 358 g/mol. The molecule has 8 heteroatoms. The molecule has 0 fully saturated rings. The van der Waals surface area contributed by atoms with E-state index in [-0.39, 0.29) is 17.0 Å². The highest BCUT2D eigenvalue weighted by Crippen LogP contribution is 2.38. The fourth-order valence-corrected chi connectivity index (χ4v) is 2.67. The third-order valence-corrected chi connectivity index (χ3v) is 3.94. The number of ether oxygens (including phenoxy) is 1. The predicted molar refractivity (Wildman–Crippen MR) is 103 cm³/mol. The normalized spacial score (nSPS) is 11.2. The van der Waals surface area contributed by atoms with Crippen molar-refractivity contribution in [1.82, 2.24) is 20.8 Å². The van der Waals surface area contributed by atoms with Gasteiger partial charge in [0, 0.05) is 18.1 Å². The Morgan fingerprint density at radius 2 is 2.11 bits per heavy atom. The molecule has 1 aromatic carbocycles. The van der Waals surface area contributed by atoms with Crippen LogP contribution in [0.4, 0.5) is 0 Å². The molecule has 0 saturated heterocycles. The molecule has 2 aromatic heterocycles. The SMILES string of the molecule is COc1cccc2c(-c3ccnc(C#N)n3)c(C(=O)NNCC(C)(C)C)oc12. The molecule has 144 valence electrons. The number of nitrogens with one attached hydrogen (secondary N) is 2. The summed E-state index contributed by atoms with van der Waals surface area (Å²) in [4.78, 5) is 21.0. The van der Waals surface area contributed by atoms with E-state index in [1.165, 1.54) is 13.3 Å². The number of hydrazine groups is 1. The van der Waals surface area contributed by atoms with E-state index >= 15 is 0 Å². The minimum absolute atomic E-state index is 0.00645. The number of rotatable bonds is 5. The third-order valence-electron chi connectivity index (χ3n) is 3.94. The highest BCUT2D eigenvalue weighted by atomic mass is 16.5. The van der Waals surface area contributed by atoms with Crippen molar-refractivity contribution < 1.29 is 13.9 Å². The molecule has 2 heterocycles. The van der Waals surface area contributed by atoms with Crippen molar-refractivity contribution in [3.8, 4) is 23.1 Å². The summed E-state index contributed by atoms with van der Waals surface area (Å²) in [6.07, 6.45) is 1.47. The Kier molecular flexibility index (Phi) is 5.29. The Bertz CT molecular complexity index is 1060. The second-order valence-electron chi connectivity index (χ2n) is 7.39. The summed E-state index contributed by atoms with van der Waals surface area (Å²) < 4.78 is 11.2. The van der Waals surface area contributed by atoms with Crippen LogP contribution in [0.15, 0.2) is 34.9 Å². The lowest BCUT2D eigenvalue weighted by Gasteiger charge is -2.18. The largest absolute Gasteiger partial charge is 0.493 e. The van der Waals surface area contributed by atoms with Gasteiger partial charge in [-0.15, -0.1) is 0 Å². The molecule has 0 saturated carbocycles. The van der Waals surface area contributed by atoms with Crippen LogP contribution in [0, 0.1) is 16.7 Å².